The topological polar surface area (TPSA) is 44.2 Å². The summed E-state index contributed by atoms with van der Waals surface area (Å²) in [5.41, 5.74) is 8.99. The van der Waals surface area contributed by atoms with Gasteiger partial charge in [0.05, 0.1) is 26.5 Å². The molecule has 0 radical (unpaired) electrons. The molecule has 2 aromatic rings. The van der Waals surface area contributed by atoms with Gasteiger partial charge in [0, 0.05) is 48.8 Å². The smallest absolute Gasteiger partial charge is 0.194 e. The molecule has 1 fully saturated rings. The van der Waals surface area contributed by atoms with Gasteiger partial charge in [-0.15, -0.1) is 0 Å². The standard InChI is InChI=1S/C36H54INO3S/c1-22(2)31-29-30(28-25(38-31)19-35(9,10)20-26(28)41-42(11,12)34(6,7)8)36(17-18-39-21-27(36)37)40-32(29)23-13-15-24(16-14-23)33(3,4)5/h13-16,22,26-27,32H,17-21H2,1-12H3/p+1. The lowest BCUT2D eigenvalue weighted by atomic mass is 9.70. The third kappa shape index (κ3) is 5.74. The lowest BCUT2D eigenvalue weighted by Crippen LogP contribution is -2.45. The molecule has 1 aromatic carbocycles. The molecule has 42 heavy (non-hydrogen) atoms. The Hall–Kier alpha value is -0.670. The second-order valence-corrected chi connectivity index (χ2v) is 21.9. The van der Waals surface area contributed by atoms with Gasteiger partial charge in [0.2, 0.25) is 0 Å². The maximum atomic E-state index is 7.48. The van der Waals surface area contributed by atoms with Gasteiger partial charge in [-0.25, -0.2) is 0 Å². The van der Waals surface area contributed by atoms with E-state index < -0.39 is 15.9 Å². The number of alkyl halides is 1. The molecule has 5 rings (SSSR count). The number of benzene rings is 1. The summed E-state index contributed by atoms with van der Waals surface area (Å²) in [5, 5.41) is 0. The van der Waals surface area contributed by atoms with E-state index in [1.54, 1.807) is 0 Å². The number of nitrogens with zero attached hydrogens (tertiary/aromatic N) is 1. The number of fused-ring (bicyclic) bond motifs is 4. The van der Waals surface area contributed by atoms with Crippen LogP contribution in [0.4, 0.5) is 0 Å². The minimum absolute atomic E-state index is 0.107. The Kier molecular flexibility index (Phi) is 8.56. The van der Waals surface area contributed by atoms with Crippen molar-refractivity contribution in [1.82, 2.24) is 4.98 Å². The van der Waals surface area contributed by atoms with Crippen LogP contribution in [0.3, 0.4) is 0 Å². The van der Waals surface area contributed by atoms with Crippen LogP contribution in [0, 0.1) is 5.41 Å². The summed E-state index contributed by atoms with van der Waals surface area (Å²) in [6.45, 7) is 24.7. The first-order valence-electron chi connectivity index (χ1n) is 15.8. The van der Waals surface area contributed by atoms with Crippen LogP contribution in [-0.2, 0) is 26.9 Å². The third-order valence-electron chi connectivity index (χ3n) is 10.0. The van der Waals surface area contributed by atoms with Gasteiger partial charge in [-0.05, 0) is 65.4 Å². The monoisotopic (exact) mass is 708 g/mol. The number of ether oxygens (including phenoxy) is 2. The maximum Gasteiger partial charge on any atom is 0.194 e. The average molecular weight is 709 g/mol. The van der Waals surface area contributed by atoms with Gasteiger partial charge in [-0.2, -0.15) is 0 Å². The van der Waals surface area contributed by atoms with E-state index in [1.165, 1.54) is 39.2 Å². The molecular formula is C36H55INO3S+. The van der Waals surface area contributed by atoms with Gasteiger partial charge in [-0.1, -0.05) is 95.3 Å². The molecule has 4 unspecified atom stereocenters. The second kappa shape index (κ2) is 11.0. The van der Waals surface area contributed by atoms with Gasteiger partial charge in [0.25, 0.3) is 0 Å². The van der Waals surface area contributed by atoms with E-state index in [-0.39, 0.29) is 31.7 Å². The molecule has 0 saturated carbocycles. The van der Waals surface area contributed by atoms with Crippen molar-refractivity contribution in [3.63, 3.8) is 0 Å². The van der Waals surface area contributed by atoms with Crippen molar-refractivity contribution >= 4 is 32.9 Å². The molecule has 1 aliphatic carbocycles. The van der Waals surface area contributed by atoms with Crippen LogP contribution in [0.15, 0.2) is 24.3 Å². The van der Waals surface area contributed by atoms with Crippen LogP contribution in [0.2, 0.25) is 0 Å². The van der Waals surface area contributed by atoms with Crippen molar-refractivity contribution < 1.29 is 13.7 Å². The summed E-state index contributed by atoms with van der Waals surface area (Å²) in [4.78, 5) is 5.59. The first-order chi connectivity index (χ1) is 19.3. The number of rotatable bonds is 4. The SMILES string of the molecule is CC(C)c1nc2c(c3c1C(c1ccc(C(C)(C)C)cc1)OC31CCOCC1I)C([OH+]S(C)(C)C(C)(C)C)CC(C)(C)C2. The fourth-order valence-corrected chi connectivity index (χ4v) is 9.05. The van der Waals surface area contributed by atoms with Crippen molar-refractivity contribution in [3.8, 4) is 0 Å². The van der Waals surface area contributed by atoms with Crippen LogP contribution < -0.4 is 0 Å². The molecule has 1 N–H and O–H groups in total. The molecule has 1 spiro atoms. The van der Waals surface area contributed by atoms with E-state index in [2.05, 4.69) is 129 Å². The molecule has 2 aliphatic heterocycles. The summed E-state index contributed by atoms with van der Waals surface area (Å²) in [6.07, 6.45) is 7.66. The van der Waals surface area contributed by atoms with Gasteiger partial charge >= 0.3 is 0 Å². The Morgan fingerprint density at radius 3 is 2.21 bits per heavy atom. The van der Waals surface area contributed by atoms with Crippen molar-refractivity contribution in [2.45, 2.75) is 126 Å². The molecule has 1 saturated heterocycles. The van der Waals surface area contributed by atoms with Crippen molar-refractivity contribution in [3.05, 3.63) is 63.5 Å². The van der Waals surface area contributed by atoms with E-state index >= 15 is 0 Å². The lowest BCUT2D eigenvalue weighted by molar-refractivity contribution is -0.113. The number of hydrogen-bond acceptors (Lipinski definition) is 3. The zero-order valence-electron chi connectivity index (χ0n) is 28.2. The largest absolute Gasteiger partial charge is 0.380 e. The number of aromatic nitrogens is 1. The van der Waals surface area contributed by atoms with Crippen LogP contribution in [0.5, 0.6) is 0 Å². The quantitative estimate of drug-likeness (QED) is 0.181. The van der Waals surface area contributed by atoms with E-state index in [4.69, 9.17) is 18.6 Å². The summed E-state index contributed by atoms with van der Waals surface area (Å²) in [6, 6.07) is 9.20. The molecular weight excluding hydrogens is 653 g/mol. The van der Waals surface area contributed by atoms with E-state index in [1.807, 2.05) is 0 Å². The van der Waals surface area contributed by atoms with Crippen molar-refractivity contribution in [2.24, 2.45) is 5.41 Å². The highest BCUT2D eigenvalue weighted by atomic mass is 127. The molecule has 6 heteroatoms. The molecule has 3 heterocycles. The Balaban J connectivity index is 1.79. The number of pyridine rings is 1. The predicted octanol–water partition coefficient (Wildman–Crippen LogP) is 9.36. The first-order valence-corrected chi connectivity index (χ1v) is 19.4. The molecule has 4 nitrogen and oxygen atoms in total. The van der Waals surface area contributed by atoms with Crippen LogP contribution >= 0.6 is 32.9 Å². The Labute approximate surface area is 271 Å². The maximum absolute atomic E-state index is 7.48. The summed E-state index contributed by atoms with van der Waals surface area (Å²) >= 11 is 2.62. The Morgan fingerprint density at radius 1 is 1.02 bits per heavy atom. The van der Waals surface area contributed by atoms with Crippen LogP contribution in [0.1, 0.15) is 139 Å². The summed E-state index contributed by atoms with van der Waals surface area (Å²) in [7, 11) is -1.24. The highest BCUT2D eigenvalue weighted by Gasteiger charge is 2.57. The van der Waals surface area contributed by atoms with Gasteiger partial charge in [0.15, 0.2) is 6.10 Å². The summed E-state index contributed by atoms with van der Waals surface area (Å²) < 4.78 is 19.7. The normalized spacial score (nSPS) is 28.2. The molecule has 0 bridgehead atoms. The molecule has 234 valence electrons. The first kappa shape index (κ1) is 32.7. The summed E-state index contributed by atoms with van der Waals surface area (Å²) in [5.74, 6) is 0.295. The van der Waals surface area contributed by atoms with E-state index in [9.17, 15) is 0 Å². The minimum atomic E-state index is -1.24. The average Bonchev–Trinajstić information content (AvgIpc) is 3.18. The number of hydrogen-bond donors (Lipinski definition) is 0. The molecule has 3 aliphatic rings. The van der Waals surface area contributed by atoms with Crippen LogP contribution in [0.25, 0.3) is 0 Å². The molecule has 1 aromatic heterocycles. The number of halogens is 1. The fourth-order valence-electron chi connectivity index (χ4n) is 6.89. The lowest BCUT2D eigenvalue weighted by Gasteiger charge is -2.46. The molecule has 0 amide bonds. The van der Waals surface area contributed by atoms with Gasteiger partial charge < -0.3 is 13.7 Å². The van der Waals surface area contributed by atoms with Crippen molar-refractivity contribution in [2.75, 3.05) is 25.7 Å². The van der Waals surface area contributed by atoms with E-state index in [0.29, 0.717) is 12.5 Å². The van der Waals surface area contributed by atoms with Gasteiger partial charge in [0.1, 0.15) is 11.7 Å². The Bertz CT molecular complexity index is 1320. The second-order valence-electron chi connectivity index (χ2n) is 16.4. The molecule has 4 atom stereocenters. The van der Waals surface area contributed by atoms with Gasteiger partial charge in [-0.3, -0.25) is 4.98 Å². The minimum Gasteiger partial charge on any atom is -0.380 e. The predicted molar refractivity (Wildman–Crippen MR) is 188 cm³/mol. The number of aliphatic hydroxyl groups is 1. The zero-order valence-corrected chi connectivity index (χ0v) is 31.1. The third-order valence-corrected chi connectivity index (χ3v) is 15.2. The highest BCUT2D eigenvalue weighted by molar-refractivity contribution is 14.1. The highest BCUT2D eigenvalue weighted by Crippen LogP contribution is 2.62. The Morgan fingerprint density at radius 2 is 1.67 bits per heavy atom. The zero-order chi connectivity index (χ0) is 31.0. The van der Waals surface area contributed by atoms with E-state index in [0.717, 1.165) is 25.9 Å². The van der Waals surface area contributed by atoms with Crippen LogP contribution in [-0.4, -0.2) is 43.6 Å². The van der Waals surface area contributed by atoms with Crippen molar-refractivity contribution in [1.29, 1.82) is 0 Å². The fraction of sp³-hybridized carbons (Fsp3) is 0.694.